The molecule has 0 radical (unpaired) electrons. The third-order valence-corrected chi connectivity index (χ3v) is 3.94. The Morgan fingerprint density at radius 1 is 1.44 bits per heavy atom. The van der Waals surface area contributed by atoms with Crippen LogP contribution in [0.15, 0.2) is 18.2 Å². The Balaban J connectivity index is 1.95. The van der Waals surface area contributed by atoms with Gasteiger partial charge in [0.05, 0.1) is 11.1 Å². The first-order valence-corrected chi connectivity index (χ1v) is 6.71. The fraction of sp³-hybridized carbons (Fsp3) is 0.571. The third-order valence-electron chi connectivity index (χ3n) is 3.65. The molecule has 0 amide bonds. The SMILES string of the molecule is COC1CCC(NC(C)c2ccc(F)c(Cl)c2)C1. The number of methoxy groups -OCH3 is 1. The summed E-state index contributed by atoms with van der Waals surface area (Å²) in [4.78, 5) is 0. The minimum atomic E-state index is -0.368. The highest BCUT2D eigenvalue weighted by molar-refractivity contribution is 6.30. The van der Waals surface area contributed by atoms with Gasteiger partial charge in [-0.1, -0.05) is 17.7 Å². The Kier molecular flexibility index (Phi) is 4.60. The van der Waals surface area contributed by atoms with Crippen molar-refractivity contribution in [3.05, 3.63) is 34.6 Å². The van der Waals surface area contributed by atoms with Crippen LogP contribution in [0.1, 0.15) is 37.8 Å². The van der Waals surface area contributed by atoms with Gasteiger partial charge in [-0.15, -0.1) is 0 Å². The molecule has 0 bridgehead atoms. The summed E-state index contributed by atoms with van der Waals surface area (Å²) in [5.74, 6) is -0.368. The van der Waals surface area contributed by atoms with Crippen molar-refractivity contribution in [1.82, 2.24) is 5.32 Å². The third kappa shape index (κ3) is 3.22. The van der Waals surface area contributed by atoms with E-state index >= 15 is 0 Å². The maximum Gasteiger partial charge on any atom is 0.141 e. The van der Waals surface area contributed by atoms with Gasteiger partial charge >= 0.3 is 0 Å². The fourth-order valence-corrected chi connectivity index (χ4v) is 2.73. The summed E-state index contributed by atoms with van der Waals surface area (Å²) in [5, 5.41) is 3.73. The molecule has 3 unspecified atom stereocenters. The van der Waals surface area contributed by atoms with Gasteiger partial charge in [0.15, 0.2) is 0 Å². The number of rotatable bonds is 4. The summed E-state index contributed by atoms with van der Waals surface area (Å²) in [6.45, 7) is 2.07. The largest absolute Gasteiger partial charge is 0.381 e. The molecule has 0 aliphatic heterocycles. The van der Waals surface area contributed by atoms with Crippen molar-refractivity contribution in [1.29, 1.82) is 0 Å². The van der Waals surface area contributed by atoms with E-state index in [1.54, 1.807) is 19.2 Å². The van der Waals surface area contributed by atoms with Crippen LogP contribution in [0.5, 0.6) is 0 Å². The topological polar surface area (TPSA) is 21.3 Å². The second-order valence-electron chi connectivity index (χ2n) is 4.93. The van der Waals surface area contributed by atoms with Gasteiger partial charge in [-0.25, -0.2) is 4.39 Å². The highest BCUT2D eigenvalue weighted by atomic mass is 35.5. The molecule has 1 fully saturated rings. The minimum Gasteiger partial charge on any atom is -0.381 e. The summed E-state index contributed by atoms with van der Waals surface area (Å²) < 4.78 is 18.4. The van der Waals surface area contributed by atoms with E-state index in [9.17, 15) is 4.39 Å². The van der Waals surface area contributed by atoms with Crippen molar-refractivity contribution < 1.29 is 9.13 Å². The predicted octanol–water partition coefficient (Wildman–Crippen LogP) is 3.70. The van der Waals surface area contributed by atoms with Gasteiger partial charge in [-0.3, -0.25) is 0 Å². The maximum absolute atomic E-state index is 13.1. The van der Waals surface area contributed by atoms with Crippen LogP contribution >= 0.6 is 11.6 Å². The first kappa shape index (κ1) is 13.8. The monoisotopic (exact) mass is 271 g/mol. The second-order valence-corrected chi connectivity index (χ2v) is 5.34. The van der Waals surface area contributed by atoms with Gasteiger partial charge in [0.2, 0.25) is 0 Å². The van der Waals surface area contributed by atoms with Crippen molar-refractivity contribution in [2.45, 2.75) is 44.4 Å². The first-order valence-electron chi connectivity index (χ1n) is 6.34. The van der Waals surface area contributed by atoms with Crippen molar-refractivity contribution in [2.24, 2.45) is 0 Å². The van der Waals surface area contributed by atoms with Crippen molar-refractivity contribution in [3.8, 4) is 0 Å². The Labute approximate surface area is 112 Å². The molecule has 2 rings (SSSR count). The highest BCUT2D eigenvalue weighted by Crippen LogP contribution is 2.26. The van der Waals surface area contributed by atoms with Gasteiger partial charge in [0, 0.05) is 19.2 Å². The molecule has 1 N–H and O–H groups in total. The van der Waals surface area contributed by atoms with E-state index in [1.165, 1.54) is 6.07 Å². The fourth-order valence-electron chi connectivity index (χ4n) is 2.54. The minimum absolute atomic E-state index is 0.170. The zero-order valence-electron chi connectivity index (χ0n) is 10.7. The zero-order chi connectivity index (χ0) is 13.1. The summed E-state index contributed by atoms with van der Waals surface area (Å²) in [7, 11) is 1.76. The average molecular weight is 272 g/mol. The van der Waals surface area contributed by atoms with Crippen LogP contribution in [0.2, 0.25) is 5.02 Å². The molecule has 0 aromatic heterocycles. The van der Waals surface area contributed by atoms with E-state index in [0.29, 0.717) is 12.1 Å². The van der Waals surface area contributed by atoms with Gasteiger partial charge < -0.3 is 10.1 Å². The molecule has 0 heterocycles. The molecule has 0 spiro atoms. The van der Waals surface area contributed by atoms with E-state index in [-0.39, 0.29) is 16.9 Å². The van der Waals surface area contributed by atoms with Gasteiger partial charge in [-0.2, -0.15) is 0 Å². The highest BCUT2D eigenvalue weighted by Gasteiger charge is 2.25. The van der Waals surface area contributed by atoms with Crippen molar-refractivity contribution >= 4 is 11.6 Å². The number of hydrogen-bond donors (Lipinski definition) is 1. The Bertz CT molecular complexity index is 413. The van der Waals surface area contributed by atoms with Crippen LogP contribution < -0.4 is 5.32 Å². The maximum atomic E-state index is 13.1. The molecular weight excluding hydrogens is 253 g/mol. The lowest BCUT2D eigenvalue weighted by Crippen LogP contribution is -2.29. The number of halogens is 2. The molecule has 1 aliphatic rings. The van der Waals surface area contributed by atoms with Gasteiger partial charge in [-0.05, 0) is 43.9 Å². The van der Waals surface area contributed by atoms with E-state index < -0.39 is 0 Å². The van der Waals surface area contributed by atoms with E-state index in [1.807, 2.05) is 0 Å². The number of ether oxygens (including phenoxy) is 1. The lowest BCUT2D eigenvalue weighted by molar-refractivity contribution is 0.106. The molecule has 1 aliphatic carbocycles. The summed E-state index contributed by atoms with van der Waals surface area (Å²) in [6, 6.07) is 5.53. The second kappa shape index (κ2) is 6.00. The van der Waals surface area contributed by atoms with Crippen LogP contribution in [-0.2, 0) is 4.74 Å². The van der Waals surface area contributed by atoms with Crippen molar-refractivity contribution in [3.63, 3.8) is 0 Å². The summed E-state index contributed by atoms with van der Waals surface area (Å²) >= 11 is 5.80. The van der Waals surface area contributed by atoms with Crippen LogP contribution in [0, 0.1) is 5.82 Å². The predicted molar refractivity (Wildman–Crippen MR) is 71.4 cm³/mol. The van der Waals surface area contributed by atoms with Crippen LogP contribution in [-0.4, -0.2) is 19.3 Å². The standard InChI is InChI=1S/C14H19ClFNO/c1-9(10-3-6-14(16)13(15)7-10)17-11-4-5-12(8-11)18-2/h3,6-7,9,11-12,17H,4-5,8H2,1-2H3. The number of benzene rings is 1. The smallest absolute Gasteiger partial charge is 0.141 e. The quantitative estimate of drug-likeness (QED) is 0.902. The Hall–Kier alpha value is -0.640. The van der Waals surface area contributed by atoms with Gasteiger partial charge in [0.1, 0.15) is 5.82 Å². The molecule has 18 heavy (non-hydrogen) atoms. The lowest BCUT2D eigenvalue weighted by atomic mass is 10.1. The Morgan fingerprint density at radius 3 is 2.83 bits per heavy atom. The first-order chi connectivity index (χ1) is 8.60. The molecule has 100 valence electrons. The van der Waals surface area contributed by atoms with Crippen LogP contribution in [0.4, 0.5) is 4.39 Å². The molecular formula is C14H19ClFNO. The molecule has 1 aromatic carbocycles. The molecule has 0 saturated heterocycles. The normalized spacial score (nSPS) is 25.3. The Morgan fingerprint density at radius 2 is 2.22 bits per heavy atom. The molecule has 2 nitrogen and oxygen atoms in total. The van der Waals surface area contributed by atoms with E-state index in [4.69, 9.17) is 16.3 Å². The van der Waals surface area contributed by atoms with Crippen LogP contribution in [0.3, 0.4) is 0 Å². The van der Waals surface area contributed by atoms with E-state index in [0.717, 1.165) is 24.8 Å². The lowest BCUT2D eigenvalue weighted by Gasteiger charge is -2.20. The summed E-state index contributed by atoms with van der Waals surface area (Å²) in [6.07, 6.45) is 3.63. The van der Waals surface area contributed by atoms with Crippen LogP contribution in [0.25, 0.3) is 0 Å². The number of hydrogen-bond acceptors (Lipinski definition) is 2. The average Bonchev–Trinajstić information content (AvgIpc) is 2.80. The molecule has 1 aromatic rings. The van der Waals surface area contributed by atoms with E-state index in [2.05, 4.69) is 12.2 Å². The molecule has 1 saturated carbocycles. The molecule has 3 atom stereocenters. The van der Waals surface area contributed by atoms with Crippen molar-refractivity contribution in [2.75, 3.05) is 7.11 Å². The summed E-state index contributed by atoms with van der Waals surface area (Å²) in [5.41, 5.74) is 1.02. The van der Waals surface area contributed by atoms with Gasteiger partial charge in [0.25, 0.3) is 0 Å². The zero-order valence-corrected chi connectivity index (χ0v) is 11.5. The number of nitrogens with one attached hydrogen (secondary N) is 1. The molecule has 4 heteroatoms.